The molecule has 1 aromatic carbocycles. The number of hydrogen-bond donors (Lipinski definition) is 0. The van der Waals surface area contributed by atoms with Crippen molar-refractivity contribution in [2.24, 2.45) is 0 Å². The molecule has 0 saturated carbocycles. The van der Waals surface area contributed by atoms with Crippen molar-refractivity contribution in [3.8, 4) is 0 Å². The van der Waals surface area contributed by atoms with Crippen molar-refractivity contribution in [2.45, 2.75) is 28.7 Å². The zero-order valence-corrected chi connectivity index (χ0v) is 15.1. The first kappa shape index (κ1) is 16.8. The summed E-state index contributed by atoms with van der Waals surface area (Å²) in [7, 11) is -6.94. The summed E-state index contributed by atoms with van der Waals surface area (Å²) in [4.78, 5) is 2.15. The molecule has 5 nitrogen and oxygen atoms in total. The minimum absolute atomic E-state index is 0.0289. The Labute approximate surface area is 134 Å². The van der Waals surface area contributed by atoms with E-state index in [9.17, 15) is 16.8 Å². The third kappa shape index (κ3) is 3.60. The molecule has 118 valence electrons. The molecular weight excluding hydrogens is 378 g/mol. The molecule has 1 fully saturated rings. The van der Waals surface area contributed by atoms with E-state index in [1.165, 1.54) is 12.1 Å². The summed E-state index contributed by atoms with van der Waals surface area (Å²) in [6.45, 7) is 0.775. The molecule has 0 amide bonds. The molecule has 0 spiro atoms. The molecule has 1 aromatic rings. The fraction of sp³-hybridized carbons (Fsp3) is 0.538. The molecule has 1 saturated heterocycles. The van der Waals surface area contributed by atoms with E-state index in [1.807, 2.05) is 4.90 Å². The Morgan fingerprint density at radius 1 is 1.19 bits per heavy atom. The van der Waals surface area contributed by atoms with Gasteiger partial charge in [-0.15, -0.1) is 0 Å². The third-order valence-electron chi connectivity index (χ3n) is 3.62. The number of sulfone groups is 2. The van der Waals surface area contributed by atoms with E-state index in [-0.39, 0.29) is 15.8 Å². The zero-order valence-electron chi connectivity index (χ0n) is 11.9. The summed E-state index contributed by atoms with van der Waals surface area (Å²) < 4.78 is 47.4. The molecule has 1 atom stereocenters. The summed E-state index contributed by atoms with van der Waals surface area (Å²) in [5, 5.41) is 0.754. The standard InChI is InChI=1S/C13H18BrNO4S2/c1-20(16,17)11-5-6-12(13(8-11)21(2,18)19)15-7-3-4-10(15)9-14/h5-6,8,10H,3-4,7,9H2,1-2H3. The Hall–Kier alpha value is -0.600. The third-order valence-corrected chi connectivity index (χ3v) is 6.61. The van der Waals surface area contributed by atoms with Crippen molar-refractivity contribution in [3.63, 3.8) is 0 Å². The van der Waals surface area contributed by atoms with Gasteiger partial charge in [0, 0.05) is 30.4 Å². The summed E-state index contributed by atoms with van der Waals surface area (Å²) in [6.07, 6.45) is 4.16. The lowest BCUT2D eigenvalue weighted by Crippen LogP contribution is -2.31. The SMILES string of the molecule is CS(=O)(=O)c1ccc(N2CCCC2CBr)c(S(C)(=O)=O)c1. The van der Waals surface area contributed by atoms with Crippen LogP contribution < -0.4 is 4.90 Å². The van der Waals surface area contributed by atoms with Crippen LogP contribution >= 0.6 is 15.9 Å². The van der Waals surface area contributed by atoms with Gasteiger partial charge >= 0.3 is 0 Å². The van der Waals surface area contributed by atoms with Crippen molar-refractivity contribution < 1.29 is 16.8 Å². The number of anilines is 1. The molecule has 2 rings (SSSR count). The largest absolute Gasteiger partial charge is 0.367 e. The Kier molecular flexibility index (Phi) is 4.70. The van der Waals surface area contributed by atoms with E-state index in [2.05, 4.69) is 15.9 Å². The quantitative estimate of drug-likeness (QED) is 0.727. The first-order valence-corrected chi connectivity index (χ1v) is 11.4. The number of alkyl halides is 1. The van der Waals surface area contributed by atoms with E-state index in [0.717, 1.165) is 37.2 Å². The second kappa shape index (κ2) is 5.89. The smallest absolute Gasteiger partial charge is 0.177 e. The van der Waals surface area contributed by atoms with Gasteiger partial charge in [0.1, 0.15) is 0 Å². The maximum absolute atomic E-state index is 12.1. The summed E-state index contributed by atoms with van der Waals surface area (Å²) in [6, 6.07) is 4.58. The van der Waals surface area contributed by atoms with Crippen LogP contribution in [0.2, 0.25) is 0 Å². The van der Waals surface area contributed by atoms with Gasteiger partial charge < -0.3 is 4.90 Å². The lowest BCUT2D eigenvalue weighted by molar-refractivity contribution is 0.599. The van der Waals surface area contributed by atoms with Gasteiger partial charge in [-0.1, -0.05) is 15.9 Å². The summed E-state index contributed by atoms with van der Waals surface area (Å²) in [5.74, 6) is 0. The molecule has 0 N–H and O–H groups in total. The molecule has 0 bridgehead atoms. The number of rotatable bonds is 4. The molecular formula is C13H18BrNO4S2. The normalized spacial score (nSPS) is 20.0. The van der Waals surface area contributed by atoms with Gasteiger partial charge in [-0.2, -0.15) is 0 Å². The molecule has 1 heterocycles. The first-order chi connectivity index (χ1) is 9.64. The lowest BCUT2D eigenvalue weighted by Gasteiger charge is -2.27. The predicted octanol–water partition coefficient (Wildman–Crippen LogP) is 1.86. The number of nitrogens with zero attached hydrogens (tertiary/aromatic N) is 1. The lowest BCUT2D eigenvalue weighted by atomic mass is 10.2. The second-order valence-corrected chi connectivity index (χ2v) is 9.96. The monoisotopic (exact) mass is 395 g/mol. The molecule has 1 unspecified atom stereocenters. The van der Waals surface area contributed by atoms with Crippen LogP contribution in [0.4, 0.5) is 5.69 Å². The van der Waals surface area contributed by atoms with Crippen LogP contribution in [0.5, 0.6) is 0 Å². The van der Waals surface area contributed by atoms with Crippen molar-refractivity contribution >= 4 is 41.3 Å². The van der Waals surface area contributed by atoms with Gasteiger partial charge in [0.25, 0.3) is 0 Å². The molecule has 1 aliphatic rings. The zero-order chi connectivity index (χ0) is 15.8. The number of hydrogen-bond acceptors (Lipinski definition) is 5. The maximum Gasteiger partial charge on any atom is 0.177 e. The molecule has 21 heavy (non-hydrogen) atoms. The Bertz CT molecular complexity index is 743. The Morgan fingerprint density at radius 2 is 1.86 bits per heavy atom. The van der Waals surface area contributed by atoms with Gasteiger partial charge in [0.05, 0.1) is 15.5 Å². The maximum atomic E-state index is 12.1. The van der Waals surface area contributed by atoms with Crippen LogP contribution in [0.1, 0.15) is 12.8 Å². The van der Waals surface area contributed by atoms with Crippen molar-refractivity contribution in [3.05, 3.63) is 18.2 Å². The molecule has 0 radical (unpaired) electrons. The van der Waals surface area contributed by atoms with Gasteiger partial charge in [-0.3, -0.25) is 0 Å². The van der Waals surface area contributed by atoms with Gasteiger partial charge in [-0.05, 0) is 31.0 Å². The van der Waals surface area contributed by atoms with E-state index < -0.39 is 19.7 Å². The minimum Gasteiger partial charge on any atom is -0.367 e. The summed E-state index contributed by atoms with van der Waals surface area (Å²) >= 11 is 3.45. The first-order valence-electron chi connectivity index (χ1n) is 6.51. The fourth-order valence-electron chi connectivity index (χ4n) is 2.57. The predicted molar refractivity (Wildman–Crippen MR) is 86.8 cm³/mol. The Balaban J connectivity index is 2.62. The Morgan fingerprint density at radius 3 is 2.38 bits per heavy atom. The highest BCUT2D eigenvalue weighted by atomic mass is 79.9. The molecule has 0 aliphatic carbocycles. The average molecular weight is 396 g/mol. The highest BCUT2D eigenvalue weighted by Gasteiger charge is 2.28. The van der Waals surface area contributed by atoms with Gasteiger partial charge in [0.15, 0.2) is 19.7 Å². The van der Waals surface area contributed by atoms with Crippen LogP contribution in [0.15, 0.2) is 28.0 Å². The van der Waals surface area contributed by atoms with E-state index in [0.29, 0.717) is 5.69 Å². The van der Waals surface area contributed by atoms with Crippen LogP contribution in [-0.4, -0.2) is 47.3 Å². The van der Waals surface area contributed by atoms with E-state index in [1.54, 1.807) is 6.07 Å². The van der Waals surface area contributed by atoms with Gasteiger partial charge in [0.2, 0.25) is 0 Å². The second-order valence-electron chi connectivity index (χ2n) is 5.32. The molecule has 1 aliphatic heterocycles. The van der Waals surface area contributed by atoms with Crippen LogP contribution in [-0.2, 0) is 19.7 Å². The number of benzene rings is 1. The number of halogens is 1. The van der Waals surface area contributed by atoms with Crippen molar-refractivity contribution in [1.82, 2.24) is 0 Å². The highest BCUT2D eigenvalue weighted by molar-refractivity contribution is 9.09. The highest BCUT2D eigenvalue weighted by Crippen LogP contribution is 2.33. The molecule has 0 aromatic heterocycles. The summed E-state index contributed by atoms with van der Waals surface area (Å²) in [5.41, 5.74) is 0.590. The minimum atomic E-state index is -3.51. The van der Waals surface area contributed by atoms with Gasteiger partial charge in [-0.25, -0.2) is 16.8 Å². The fourth-order valence-corrected chi connectivity index (χ4v) is 4.87. The van der Waals surface area contributed by atoms with Crippen LogP contribution in [0.3, 0.4) is 0 Å². The van der Waals surface area contributed by atoms with Crippen LogP contribution in [0, 0.1) is 0 Å². The van der Waals surface area contributed by atoms with Crippen molar-refractivity contribution in [1.29, 1.82) is 0 Å². The van der Waals surface area contributed by atoms with E-state index in [4.69, 9.17) is 0 Å². The topological polar surface area (TPSA) is 71.5 Å². The molecule has 8 heteroatoms. The van der Waals surface area contributed by atoms with Crippen molar-refractivity contribution in [2.75, 3.05) is 29.3 Å². The average Bonchev–Trinajstić information content (AvgIpc) is 2.84. The van der Waals surface area contributed by atoms with E-state index >= 15 is 0 Å². The van der Waals surface area contributed by atoms with Crippen LogP contribution in [0.25, 0.3) is 0 Å².